The lowest BCUT2D eigenvalue weighted by molar-refractivity contribution is 0.125. The van der Waals surface area contributed by atoms with E-state index in [1.807, 2.05) is 6.07 Å². The Morgan fingerprint density at radius 3 is 3.00 bits per heavy atom. The third kappa shape index (κ3) is 2.79. The summed E-state index contributed by atoms with van der Waals surface area (Å²) in [7, 11) is 0. The first-order valence-electron chi connectivity index (χ1n) is 5.72. The van der Waals surface area contributed by atoms with E-state index in [2.05, 4.69) is 16.0 Å². The van der Waals surface area contributed by atoms with Crippen molar-refractivity contribution in [1.29, 1.82) is 0 Å². The van der Waals surface area contributed by atoms with Crippen LogP contribution in [0.25, 0.3) is 0 Å². The lowest BCUT2D eigenvalue weighted by Gasteiger charge is -2.08. The van der Waals surface area contributed by atoms with Crippen LogP contribution in [0.5, 0.6) is 0 Å². The summed E-state index contributed by atoms with van der Waals surface area (Å²) >= 11 is 0. The van der Waals surface area contributed by atoms with Crippen LogP contribution < -0.4 is 5.73 Å². The van der Waals surface area contributed by atoms with Crippen molar-refractivity contribution in [3.8, 4) is 0 Å². The van der Waals surface area contributed by atoms with Crippen molar-refractivity contribution in [3.63, 3.8) is 0 Å². The number of ether oxygens (including phenoxy) is 1. The van der Waals surface area contributed by atoms with Crippen molar-refractivity contribution in [2.75, 3.05) is 13.2 Å². The van der Waals surface area contributed by atoms with Gasteiger partial charge in [0.15, 0.2) is 0 Å². The molecule has 0 amide bonds. The third-order valence-electron chi connectivity index (χ3n) is 2.87. The van der Waals surface area contributed by atoms with Crippen molar-refractivity contribution in [2.24, 2.45) is 5.73 Å². The Morgan fingerprint density at radius 2 is 2.27 bits per heavy atom. The van der Waals surface area contributed by atoms with Gasteiger partial charge >= 0.3 is 0 Å². The largest absolute Gasteiger partial charge is 0.374 e. The molecular formula is C11H19N3O. The molecule has 4 heteroatoms. The summed E-state index contributed by atoms with van der Waals surface area (Å²) in [5, 5.41) is 4.51. The zero-order chi connectivity index (χ0) is 10.5. The van der Waals surface area contributed by atoms with Gasteiger partial charge in [0.05, 0.1) is 24.9 Å². The third-order valence-corrected chi connectivity index (χ3v) is 2.87. The average Bonchev–Trinajstić information content (AvgIpc) is 2.87. The second-order valence-electron chi connectivity index (χ2n) is 4.07. The Labute approximate surface area is 90.4 Å². The number of hydrogen-bond acceptors (Lipinski definition) is 3. The molecular weight excluding hydrogens is 190 g/mol. The fourth-order valence-electron chi connectivity index (χ4n) is 2.09. The molecule has 1 aliphatic rings. The molecule has 1 aromatic heterocycles. The van der Waals surface area contributed by atoms with Gasteiger partial charge in [-0.2, -0.15) is 5.10 Å². The number of nitrogens with two attached hydrogens (primary N) is 1. The average molecular weight is 209 g/mol. The highest BCUT2D eigenvalue weighted by Gasteiger charge is 2.17. The maximum absolute atomic E-state index is 5.35. The summed E-state index contributed by atoms with van der Waals surface area (Å²) in [6.45, 7) is 1.76. The molecule has 1 saturated carbocycles. The molecule has 15 heavy (non-hydrogen) atoms. The van der Waals surface area contributed by atoms with Gasteiger partial charge < -0.3 is 10.5 Å². The Bertz CT molecular complexity index is 292. The van der Waals surface area contributed by atoms with Crippen LogP contribution in [0.3, 0.4) is 0 Å². The van der Waals surface area contributed by atoms with Crippen molar-refractivity contribution < 1.29 is 4.74 Å². The molecule has 84 valence electrons. The van der Waals surface area contributed by atoms with E-state index in [0.717, 1.165) is 5.69 Å². The quantitative estimate of drug-likeness (QED) is 0.747. The smallest absolute Gasteiger partial charge is 0.0907 e. The summed E-state index contributed by atoms with van der Waals surface area (Å²) in [6.07, 6.45) is 7.28. The van der Waals surface area contributed by atoms with Crippen molar-refractivity contribution >= 4 is 0 Å². The van der Waals surface area contributed by atoms with Gasteiger partial charge in [0.2, 0.25) is 0 Å². The maximum atomic E-state index is 5.35. The molecule has 0 bridgehead atoms. The molecule has 0 atom stereocenters. The van der Waals surface area contributed by atoms with Crippen LogP contribution >= 0.6 is 0 Å². The van der Waals surface area contributed by atoms with Crippen LogP contribution in [0, 0.1) is 0 Å². The molecule has 1 aromatic rings. The van der Waals surface area contributed by atoms with Gasteiger partial charge in [-0.1, -0.05) is 12.8 Å². The van der Waals surface area contributed by atoms with E-state index in [0.29, 0.717) is 25.8 Å². The van der Waals surface area contributed by atoms with E-state index >= 15 is 0 Å². The molecule has 1 heterocycles. The lowest BCUT2D eigenvalue weighted by atomic mass is 10.3. The Morgan fingerprint density at radius 1 is 1.47 bits per heavy atom. The second-order valence-corrected chi connectivity index (χ2v) is 4.07. The second kappa shape index (κ2) is 5.28. The SMILES string of the molecule is NCCOCc1ccn(C2CCCC2)n1. The predicted molar refractivity (Wildman–Crippen MR) is 58.4 cm³/mol. The highest BCUT2D eigenvalue weighted by atomic mass is 16.5. The van der Waals surface area contributed by atoms with Crippen LogP contribution in [0.1, 0.15) is 37.4 Å². The fourth-order valence-corrected chi connectivity index (χ4v) is 2.09. The first-order valence-corrected chi connectivity index (χ1v) is 5.72. The number of nitrogens with zero attached hydrogens (tertiary/aromatic N) is 2. The van der Waals surface area contributed by atoms with Gasteiger partial charge in [-0.15, -0.1) is 0 Å². The van der Waals surface area contributed by atoms with Crippen LogP contribution in [0.2, 0.25) is 0 Å². The summed E-state index contributed by atoms with van der Waals surface area (Å²) in [4.78, 5) is 0. The van der Waals surface area contributed by atoms with Crippen LogP contribution in [0.4, 0.5) is 0 Å². The Hall–Kier alpha value is -0.870. The Kier molecular flexibility index (Phi) is 3.75. The number of hydrogen-bond donors (Lipinski definition) is 1. The minimum atomic E-state index is 0.573. The molecule has 2 rings (SSSR count). The molecule has 2 N–H and O–H groups in total. The van der Waals surface area contributed by atoms with Gasteiger partial charge in [-0.3, -0.25) is 4.68 Å². The minimum absolute atomic E-state index is 0.573. The van der Waals surface area contributed by atoms with E-state index in [1.165, 1.54) is 25.7 Å². The zero-order valence-corrected chi connectivity index (χ0v) is 9.06. The molecule has 1 fully saturated rings. The monoisotopic (exact) mass is 209 g/mol. The lowest BCUT2D eigenvalue weighted by Crippen LogP contribution is -2.09. The van der Waals surface area contributed by atoms with E-state index in [4.69, 9.17) is 10.5 Å². The maximum Gasteiger partial charge on any atom is 0.0907 e. The molecule has 0 saturated heterocycles. The first kappa shape index (κ1) is 10.6. The van der Waals surface area contributed by atoms with Crippen molar-refractivity contribution in [3.05, 3.63) is 18.0 Å². The van der Waals surface area contributed by atoms with Gasteiger partial charge in [0.1, 0.15) is 0 Å². The van der Waals surface area contributed by atoms with Gasteiger partial charge in [-0.05, 0) is 18.9 Å². The van der Waals surface area contributed by atoms with Gasteiger partial charge in [-0.25, -0.2) is 0 Å². The van der Waals surface area contributed by atoms with Crippen LogP contribution in [-0.2, 0) is 11.3 Å². The van der Waals surface area contributed by atoms with Gasteiger partial charge in [0, 0.05) is 12.7 Å². The molecule has 4 nitrogen and oxygen atoms in total. The highest BCUT2D eigenvalue weighted by molar-refractivity contribution is 4.98. The molecule has 0 radical (unpaired) electrons. The van der Waals surface area contributed by atoms with Gasteiger partial charge in [0.25, 0.3) is 0 Å². The molecule has 0 spiro atoms. The summed E-state index contributed by atoms with van der Waals surface area (Å²) in [5.41, 5.74) is 6.36. The van der Waals surface area contributed by atoms with Crippen LogP contribution in [0.15, 0.2) is 12.3 Å². The number of rotatable bonds is 5. The molecule has 0 aliphatic heterocycles. The van der Waals surface area contributed by atoms with Crippen molar-refractivity contribution in [2.45, 2.75) is 38.3 Å². The Balaban J connectivity index is 1.86. The van der Waals surface area contributed by atoms with E-state index in [9.17, 15) is 0 Å². The summed E-state index contributed by atoms with van der Waals surface area (Å²) < 4.78 is 7.44. The minimum Gasteiger partial charge on any atom is -0.374 e. The highest BCUT2D eigenvalue weighted by Crippen LogP contribution is 2.28. The van der Waals surface area contributed by atoms with E-state index in [-0.39, 0.29) is 0 Å². The predicted octanol–water partition coefficient (Wildman–Crippen LogP) is 1.47. The normalized spacial score (nSPS) is 17.4. The fraction of sp³-hybridized carbons (Fsp3) is 0.727. The molecule has 1 aliphatic carbocycles. The molecule has 0 aromatic carbocycles. The van der Waals surface area contributed by atoms with Crippen molar-refractivity contribution in [1.82, 2.24) is 9.78 Å². The standard InChI is InChI=1S/C11H19N3O/c12-6-8-15-9-10-5-7-14(13-10)11-3-1-2-4-11/h5,7,11H,1-4,6,8-9,12H2. The number of aromatic nitrogens is 2. The first-order chi connectivity index (χ1) is 7.40. The van der Waals surface area contributed by atoms with E-state index < -0.39 is 0 Å². The molecule has 0 unspecified atom stereocenters. The van der Waals surface area contributed by atoms with Crippen LogP contribution in [-0.4, -0.2) is 22.9 Å². The summed E-state index contributed by atoms with van der Waals surface area (Å²) in [6, 6.07) is 2.66. The topological polar surface area (TPSA) is 53.1 Å². The zero-order valence-electron chi connectivity index (χ0n) is 9.06. The van der Waals surface area contributed by atoms with E-state index in [1.54, 1.807) is 0 Å². The summed E-state index contributed by atoms with van der Waals surface area (Å²) in [5.74, 6) is 0.